The predicted molar refractivity (Wildman–Crippen MR) is 114 cm³/mol. The van der Waals surface area contributed by atoms with Crippen LogP contribution in [0.25, 0.3) is 10.9 Å². The van der Waals surface area contributed by atoms with Crippen molar-refractivity contribution in [2.24, 2.45) is 7.05 Å². The van der Waals surface area contributed by atoms with Gasteiger partial charge >= 0.3 is 6.18 Å². The number of sulfonamides is 1. The molecule has 0 aliphatic carbocycles. The highest BCUT2D eigenvalue weighted by molar-refractivity contribution is 7.93. The third-order valence-corrected chi connectivity index (χ3v) is 8.29. The number of para-hydroxylation sites is 1. The maximum atomic E-state index is 13.7. The first-order chi connectivity index (χ1) is 15.1. The molecule has 1 N–H and O–H groups in total. The Kier molecular flexibility index (Phi) is 4.68. The van der Waals surface area contributed by atoms with Gasteiger partial charge in [-0.1, -0.05) is 18.2 Å². The van der Waals surface area contributed by atoms with Crippen molar-refractivity contribution in [1.29, 1.82) is 0 Å². The molecule has 0 saturated carbocycles. The van der Waals surface area contributed by atoms with E-state index in [-0.39, 0.29) is 10.7 Å². The van der Waals surface area contributed by atoms with Gasteiger partial charge in [0, 0.05) is 43.1 Å². The van der Waals surface area contributed by atoms with Crippen LogP contribution in [-0.4, -0.2) is 40.2 Å². The Morgan fingerprint density at radius 1 is 1.12 bits per heavy atom. The van der Waals surface area contributed by atoms with Crippen LogP contribution in [0.4, 0.5) is 19.0 Å². The minimum atomic E-state index is -4.66. The summed E-state index contributed by atoms with van der Waals surface area (Å²) in [5.74, 6) is 0.102. The maximum absolute atomic E-state index is 13.7. The molecule has 0 amide bonds. The Bertz CT molecular complexity index is 1350. The molecule has 1 fully saturated rings. The fraction of sp³-hybridized carbons (Fsp3) is 0.381. The average molecular weight is 466 g/mol. The monoisotopic (exact) mass is 465 g/mol. The highest BCUT2D eigenvalue weighted by Crippen LogP contribution is 2.43. The minimum Gasteiger partial charge on any atom is -0.345 e. The van der Waals surface area contributed by atoms with E-state index in [2.05, 4.69) is 10.4 Å². The van der Waals surface area contributed by atoms with Crippen molar-refractivity contribution < 1.29 is 21.6 Å². The lowest BCUT2D eigenvalue weighted by Crippen LogP contribution is -2.37. The number of nitrogens with one attached hydrogen (secondary N) is 1. The number of rotatable bonds is 3. The number of allylic oxidation sites excluding steroid dienone is 2. The molecule has 2 aliphatic rings. The lowest BCUT2D eigenvalue weighted by molar-refractivity contribution is -0.141. The second-order valence-electron chi connectivity index (χ2n) is 8.17. The number of fused-ring (bicyclic) bond motifs is 2. The van der Waals surface area contributed by atoms with Gasteiger partial charge in [0.05, 0.1) is 0 Å². The van der Waals surface area contributed by atoms with E-state index in [4.69, 9.17) is 0 Å². The smallest absolute Gasteiger partial charge is 0.345 e. The molecule has 1 unspecified atom stereocenters. The number of benzene rings is 1. The molecule has 0 bridgehead atoms. The Morgan fingerprint density at radius 3 is 2.47 bits per heavy atom. The van der Waals surface area contributed by atoms with E-state index in [9.17, 15) is 21.6 Å². The summed E-state index contributed by atoms with van der Waals surface area (Å²) >= 11 is 0. The highest BCUT2D eigenvalue weighted by Gasteiger charge is 2.44. The summed E-state index contributed by atoms with van der Waals surface area (Å²) in [6, 6.07) is 9.18. The van der Waals surface area contributed by atoms with Crippen LogP contribution in [0.15, 0.2) is 47.0 Å². The van der Waals surface area contributed by atoms with Crippen molar-refractivity contribution in [1.82, 2.24) is 18.7 Å². The Labute approximate surface area is 183 Å². The lowest BCUT2D eigenvalue weighted by atomic mass is 10.1. The zero-order valence-electron chi connectivity index (χ0n) is 17.5. The molecule has 3 aromatic rings. The van der Waals surface area contributed by atoms with E-state index < -0.39 is 27.9 Å². The fourth-order valence-corrected chi connectivity index (χ4v) is 6.59. The molecule has 1 atom stereocenters. The summed E-state index contributed by atoms with van der Waals surface area (Å²) in [7, 11) is -2.16. The maximum Gasteiger partial charge on any atom is 0.435 e. The van der Waals surface area contributed by atoms with E-state index >= 15 is 0 Å². The number of halogens is 3. The largest absolute Gasteiger partial charge is 0.435 e. The summed E-state index contributed by atoms with van der Waals surface area (Å²) < 4.78 is 72.1. The van der Waals surface area contributed by atoms with Crippen LogP contribution in [0.5, 0.6) is 0 Å². The van der Waals surface area contributed by atoms with E-state index in [1.54, 1.807) is 14.0 Å². The van der Waals surface area contributed by atoms with Crippen LogP contribution in [0.2, 0.25) is 0 Å². The van der Waals surface area contributed by atoms with Gasteiger partial charge in [-0.25, -0.2) is 13.1 Å². The first-order valence-corrected chi connectivity index (χ1v) is 11.7. The topological polar surface area (TPSA) is 72.2 Å². The molecule has 7 nitrogen and oxygen atoms in total. The highest BCUT2D eigenvalue weighted by atomic mass is 32.2. The molecule has 2 aliphatic heterocycles. The SMILES string of the molecule is CC1=C(S(=O)(=O)N2CCCC2)C(c2cc3ccccc3n2C)n2nc(C(F)(F)F)cc2N1. The third-order valence-electron chi connectivity index (χ3n) is 6.16. The molecule has 1 aromatic carbocycles. The predicted octanol–water partition coefficient (Wildman–Crippen LogP) is 4.07. The molecular formula is C21H22F3N5O2S. The molecular weight excluding hydrogens is 443 g/mol. The first-order valence-electron chi connectivity index (χ1n) is 10.3. The number of nitrogens with zero attached hydrogens (tertiary/aromatic N) is 4. The van der Waals surface area contributed by atoms with Gasteiger partial charge in [-0.15, -0.1) is 0 Å². The van der Waals surface area contributed by atoms with Gasteiger partial charge in [-0.3, -0.25) is 0 Å². The second kappa shape index (κ2) is 7.11. The number of hydrogen-bond donors (Lipinski definition) is 1. The standard InChI is InChI=1S/C21H22F3N5O2S/c1-13-20(32(30,31)28-9-5-6-10-28)19(16-11-14-7-3-4-8-15(14)27(16)2)29-18(25-13)12-17(26-29)21(22,23)24/h3-4,7-8,11-12,19,25H,5-6,9-10H2,1-2H3. The fourth-order valence-electron chi connectivity index (χ4n) is 4.63. The summed E-state index contributed by atoms with van der Waals surface area (Å²) in [6.45, 7) is 2.36. The number of alkyl halides is 3. The van der Waals surface area contributed by atoms with Crippen LogP contribution >= 0.6 is 0 Å². The summed E-state index contributed by atoms with van der Waals surface area (Å²) in [4.78, 5) is 0.0228. The molecule has 32 heavy (non-hydrogen) atoms. The average Bonchev–Trinajstić information content (AvgIpc) is 3.45. The number of anilines is 1. The van der Waals surface area contributed by atoms with Crippen LogP contribution in [0, 0.1) is 0 Å². The van der Waals surface area contributed by atoms with Crippen molar-refractivity contribution in [3.63, 3.8) is 0 Å². The summed E-state index contributed by atoms with van der Waals surface area (Å²) in [5, 5.41) is 7.53. The molecule has 11 heteroatoms. The Balaban J connectivity index is 1.77. The van der Waals surface area contributed by atoms with E-state index in [0.29, 0.717) is 24.5 Å². The molecule has 0 spiro atoms. The minimum absolute atomic E-state index is 0.0228. The van der Waals surface area contributed by atoms with Gasteiger partial charge in [-0.2, -0.15) is 22.6 Å². The third kappa shape index (κ3) is 3.14. The van der Waals surface area contributed by atoms with Gasteiger partial charge < -0.3 is 9.88 Å². The van der Waals surface area contributed by atoms with Crippen LogP contribution in [0.1, 0.15) is 37.2 Å². The second-order valence-corrected chi connectivity index (χ2v) is 10.1. The van der Waals surface area contributed by atoms with Crippen molar-refractivity contribution >= 4 is 26.7 Å². The molecule has 2 aromatic heterocycles. The molecule has 4 heterocycles. The van der Waals surface area contributed by atoms with Crippen molar-refractivity contribution in [2.45, 2.75) is 32.0 Å². The molecule has 1 saturated heterocycles. The van der Waals surface area contributed by atoms with Gasteiger partial charge in [0.1, 0.15) is 16.8 Å². The lowest BCUT2D eigenvalue weighted by Gasteiger charge is -2.32. The van der Waals surface area contributed by atoms with E-state index in [1.165, 1.54) is 4.31 Å². The summed E-state index contributed by atoms with van der Waals surface area (Å²) in [5.41, 5.74) is 0.619. The van der Waals surface area contributed by atoms with Crippen molar-refractivity contribution in [2.75, 3.05) is 18.4 Å². The van der Waals surface area contributed by atoms with Crippen molar-refractivity contribution in [3.05, 3.63) is 58.4 Å². The molecule has 5 rings (SSSR count). The van der Waals surface area contributed by atoms with E-state index in [1.807, 2.05) is 34.9 Å². The molecule has 0 radical (unpaired) electrons. The van der Waals surface area contributed by atoms with Gasteiger partial charge in [0.2, 0.25) is 10.0 Å². The van der Waals surface area contributed by atoms with Crippen LogP contribution in [-0.2, 0) is 23.2 Å². The Morgan fingerprint density at radius 2 is 1.81 bits per heavy atom. The number of hydrogen-bond acceptors (Lipinski definition) is 4. The van der Waals surface area contributed by atoms with Crippen molar-refractivity contribution in [3.8, 4) is 0 Å². The zero-order valence-corrected chi connectivity index (χ0v) is 18.3. The van der Waals surface area contributed by atoms with E-state index in [0.717, 1.165) is 34.5 Å². The van der Waals surface area contributed by atoms with Crippen LogP contribution < -0.4 is 5.32 Å². The quantitative estimate of drug-likeness (QED) is 0.633. The Hall–Kier alpha value is -2.79. The number of aromatic nitrogens is 3. The molecule has 170 valence electrons. The summed E-state index contributed by atoms with van der Waals surface area (Å²) in [6.07, 6.45) is -3.15. The first kappa shape index (κ1) is 21.1. The zero-order chi connectivity index (χ0) is 22.8. The van der Waals surface area contributed by atoms with Gasteiger partial charge in [-0.05, 0) is 37.3 Å². The van der Waals surface area contributed by atoms with Crippen LogP contribution in [0.3, 0.4) is 0 Å². The normalized spacial score (nSPS) is 20.1. The van der Waals surface area contributed by atoms with Gasteiger partial charge in [0.25, 0.3) is 0 Å². The number of aryl methyl sites for hydroxylation is 1. The van der Waals surface area contributed by atoms with Gasteiger partial charge in [0.15, 0.2) is 5.69 Å².